The molecule has 0 spiro atoms. The fraction of sp³-hybridized carbons (Fsp3) is 0.636. The fourth-order valence-electron chi connectivity index (χ4n) is 4.54. The lowest BCUT2D eigenvalue weighted by atomic mass is 10.0. The van der Waals surface area contributed by atoms with Crippen molar-refractivity contribution in [2.24, 2.45) is 11.8 Å². The van der Waals surface area contributed by atoms with Crippen LogP contribution in [0, 0.1) is 11.8 Å². The summed E-state index contributed by atoms with van der Waals surface area (Å²) in [4.78, 5) is 29.3. The zero-order chi connectivity index (χ0) is 19.8. The van der Waals surface area contributed by atoms with Crippen LogP contribution in [0.25, 0.3) is 0 Å². The molecule has 156 valence electrons. The quantitative estimate of drug-likeness (QED) is 0.818. The summed E-state index contributed by atoms with van der Waals surface area (Å²) in [6, 6.07) is 6.08. The van der Waals surface area contributed by atoms with Crippen LogP contribution in [-0.4, -0.2) is 62.1 Å². The van der Waals surface area contributed by atoms with E-state index in [0.717, 1.165) is 44.1 Å². The molecule has 3 heterocycles. The molecule has 2 amide bonds. The predicted molar refractivity (Wildman–Crippen MR) is 108 cm³/mol. The van der Waals surface area contributed by atoms with E-state index in [1.165, 1.54) is 12.8 Å². The summed E-state index contributed by atoms with van der Waals surface area (Å²) in [5, 5.41) is 3.65. The number of anilines is 1. The zero-order valence-electron chi connectivity index (χ0n) is 16.8. The van der Waals surface area contributed by atoms with Gasteiger partial charge in [0.1, 0.15) is 13.2 Å². The van der Waals surface area contributed by atoms with E-state index in [9.17, 15) is 9.59 Å². The summed E-state index contributed by atoms with van der Waals surface area (Å²) >= 11 is 0. The molecule has 1 N–H and O–H groups in total. The summed E-state index contributed by atoms with van der Waals surface area (Å²) in [5.74, 6) is 2.12. The number of hydrogen-bond acceptors (Lipinski definition) is 5. The SMILES string of the molecule is O=C(C1CC(=O)N(c2ccc3c(c2)OCCO3)C1)N1CCC(NCC2CC2)CC1. The van der Waals surface area contributed by atoms with Crippen LogP contribution >= 0.6 is 0 Å². The Morgan fingerprint density at radius 3 is 2.59 bits per heavy atom. The minimum atomic E-state index is -0.258. The van der Waals surface area contributed by atoms with E-state index in [0.29, 0.717) is 37.3 Å². The maximum Gasteiger partial charge on any atom is 0.228 e. The Balaban J connectivity index is 1.17. The molecule has 3 fully saturated rings. The first-order valence-electron chi connectivity index (χ1n) is 10.9. The second-order valence-electron chi connectivity index (χ2n) is 8.68. The van der Waals surface area contributed by atoms with Gasteiger partial charge in [0.15, 0.2) is 11.5 Å². The van der Waals surface area contributed by atoms with Crippen molar-refractivity contribution in [1.29, 1.82) is 0 Å². The first-order valence-corrected chi connectivity index (χ1v) is 10.9. The molecule has 7 heteroatoms. The minimum absolute atomic E-state index is 0.000939. The van der Waals surface area contributed by atoms with Crippen LogP contribution in [0.5, 0.6) is 11.5 Å². The summed E-state index contributed by atoms with van der Waals surface area (Å²) in [6.45, 7) is 4.19. The van der Waals surface area contributed by atoms with Gasteiger partial charge in [0.25, 0.3) is 0 Å². The van der Waals surface area contributed by atoms with E-state index in [1.54, 1.807) is 4.90 Å². The van der Waals surface area contributed by atoms with Gasteiger partial charge in [-0.05, 0) is 50.3 Å². The molecule has 7 nitrogen and oxygen atoms in total. The molecule has 5 rings (SSSR count). The van der Waals surface area contributed by atoms with Crippen LogP contribution < -0.4 is 19.7 Å². The van der Waals surface area contributed by atoms with Crippen LogP contribution in [0.4, 0.5) is 5.69 Å². The van der Waals surface area contributed by atoms with Gasteiger partial charge in [-0.15, -0.1) is 0 Å². The molecule has 3 aliphatic heterocycles. The smallest absolute Gasteiger partial charge is 0.228 e. The number of likely N-dealkylation sites (tertiary alicyclic amines) is 1. The number of hydrogen-bond donors (Lipinski definition) is 1. The number of rotatable bonds is 5. The lowest BCUT2D eigenvalue weighted by molar-refractivity contribution is -0.136. The Kier molecular flexibility index (Phi) is 5.08. The van der Waals surface area contributed by atoms with Gasteiger partial charge in [0, 0.05) is 43.9 Å². The number of nitrogens with zero attached hydrogens (tertiary/aromatic N) is 2. The molecule has 1 aromatic carbocycles. The third-order valence-corrected chi connectivity index (χ3v) is 6.51. The highest BCUT2D eigenvalue weighted by Gasteiger charge is 2.38. The van der Waals surface area contributed by atoms with Crippen LogP contribution in [0.3, 0.4) is 0 Å². The lowest BCUT2D eigenvalue weighted by Gasteiger charge is -2.34. The van der Waals surface area contributed by atoms with Gasteiger partial charge in [-0.3, -0.25) is 9.59 Å². The monoisotopic (exact) mass is 399 g/mol. The van der Waals surface area contributed by atoms with E-state index in [1.807, 2.05) is 23.1 Å². The highest BCUT2D eigenvalue weighted by atomic mass is 16.6. The average molecular weight is 399 g/mol. The van der Waals surface area contributed by atoms with Crippen molar-refractivity contribution >= 4 is 17.5 Å². The topological polar surface area (TPSA) is 71.1 Å². The van der Waals surface area contributed by atoms with E-state index in [4.69, 9.17) is 9.47 Å². The van der Waals surface area contributed by atoms with E-state index in [2.05, 4.69) is 5.32 Å². The van der Waals surface area contributed by atoms with Gasteiger partial charge in [-0.1, -0.05) is 0 Å². The molecule has 1 atom stereocenters. The number of piperidine rings is 1. The summed E-state index contributed by atoms with van der Waals surface area (Å²) in [5.41, 5.74) is 0.775. The summed E-state index contributed by atoms with van der Waals surface area (Å²) in [7, 11) is 0. The Hall–Kier alpha value is -2.28. The van der Waals surface area contributed by atoms with Crippen molar-refractivity contribution in [2.45, 2.75) is 38.1 Å². The minimum Gasteiger partial charge on any atom is -0.486 e. The highest BCUT2D eigenvalue weighted by Crippen LogP contribution is 2.36. The van der Waals surface area contributed by atoms with Crippen molar-refractivity contribution in [3.8, 4) is 11.5 Å². The standard InChI is InChI=1S/C22H29N3O4/c26-21-11-16(14-25(21)18-3-4-19-20(12-18)29-10-9-28-19)22(27)24-7-5-17(6-8-24)23-13-15-1-2-15/h3-4,12,15-17,23H,1-2,5-11,13-14H2. The average Bonchev–Trinajstić information content (AvgIpc) is 3.51. The van der Waals surface area contributed by atoms with Crippen molar-refractivity contribution in [1.82, 2.24) is 10.2 Å². The number of carbonyl (C=O) groups excluding carboxylic acids is 2. The van der Waals surface area contributed by atoms with Gasteiger partial charge in [0.2, 0.25) is 11.8 Å². The molecule has 0 bridgehead atoms. The molecule has 1 aromatic rings. The molecule has 1 unspecified atom stereocenters. The van der Waals surface area contributed by atoms with Crippen LogP contribution in [0.1, 0.15) is 32.1 Å². The van der Waals surface area contributed by atoms with E-state index < -0.39 is 0 Å². The molecule has 0 radical (unpaired) electrons. The van der Waals surface area contributed by atoms with Crippen molar-refractivity contribution in [3.63, 3.8) is 0 Å². The summed E-state index contributed by atoms with van der Waals surface area (Å²) in [6.07, 6.45) is 5.02. The number of amides is 2. The van der Waals surface area contributed by atoms with Gasteiger partial charge in [0.05, 0.1) is 5.92 Å². The molecule has 29 heavy (non-hydrogen) atoms. The molecule has 0 aromatic heterocycles. The number of benzene rings is 1. The predicted octanol–water partition coefficient (Wildman–Crippen LogP) is 1.80. The van der Waals surface area contributed by atoms with E-state index in [-0.39, 0.29) is 24.2 Å². The number of carbonyl (C=O) groups is 2. The van der Waals surface area contributed by atoms with Gasteiger partial charge >= 0.3 is 0 Å². The largest absolute Gasteiger partial charge is 0.486 e. The first-order chi connectivity index (χ1) is 14.2. The molecule has 2 saturated heterocycles. The lowest BCUT2D eigenvalue weighted by Crippen LogP contribution is -2.47. The molecular weight excluding hydrogens is 370 g/mol. The van der Waals surface area contributed by atoms with Gasteiger partial charge in [-0.2, -0.15) is 0 Å². The maximum atomic E-state index is 13.0. The second-order valence-corrected chi connectivity index (χ2v) is 8.68. The van der Waals surface area contributed by atoms with Gasteiger partial charge < -0.3 is 24.6 Å². The number of ether oxygens (including phenoxy) is 2. The highest BCUT2D eigenvalue weighted by molar-refractivity contribution is 6.00. The zero-order valence-corrected chi connectivity index (χ0v) is 16.8. The Morgan fingerprint density at radius 1 is 1.07 bits per heavy atom. The molecular formula is C22H29N3O4. The van der Waals surface area contributed by atoms with Crippen LogP contribution in [-0.2, 0) is 9.59 Å². The Labute approximate surface area is 171 Å². The summed E-state index contributed by atoms with van der Waals surface area (Å²) < 4.78 is 11.2. The number of nitrogens with one attached hydrogen (secondary N) is 1. The fourth-order valence-corrected chi connectivity index (χ4v) is 4.54. The Bertz CT molecular complexity index is 786. The second kappa shape index (κ2) is 7.86. The third kappa shape index (κ3) is 4.06. The number of fused-ring (bicyclic) bond motifs is 1. The van der Waals surface area contributed by atoms with Crippen LogP contribution in [0.15, 0.2) is 18.2 Å². The Morgan fingerprint density at radius 2 is 1.83 bits per heavy atom. The third-order valence-electron chi connectivity index (χ3n) is 6.51. The maximum absolute atomic E-state index is 13.0. The van der Waals surface area contributed by atoms with Crippen molar-refractivity contribution in [2.75, 3.05) is 44.3 Å². The first kappa shape index (κ1) is 18.7. The van der Waals surface area contributed by atoms with Crippen molar-refractivity contribution < 1.29 is 19.1 Å². The molecule has 1 saturated carbocycles. The van der Waals surface area contributed by atoms with Crippen LogP contribution in [0.2, 0.25) is 0 Å². The van der Waals surface area contributed by atoms with Crippen molar-refractivity contribution in [3.05, 3.63) is 18.2 Å². The van der Waals surface area contributed by atoms with Gasteiger partial charge in [-0.25, -0.2) is 0 Å². The normalized spacial score (nSPS) is 24.8. The molecule has 4 aliphatic rings. The molecule has 1 aliphatic carbocycles. The van der Waals surface area contributed by atoms with E-state index >= 15 is 0 Å².